The lowest BCUT2D eigenvalue weighted by molar-refractivity contribution is 0.608. The summed E-state index contributed by atoms with van der Waals surface area (Å²) in [6, 6.07) is 3.62. The van der Waals surface area contributed by atoms with Gasteiger partial charge in [0.15, 0.2) is 0 Å². The van der Waals surface area contributed by atoms with Gasteiger partial charge in [-0.15, -0.1) is 0 Å². The number of hydrogen-bond donors (Lipinski definition) is 1. The molecule has 0 aliphatic heterocycles. The van der Waals surface area contributed by atoms with Crippen LogP contribution in [0.4, 0.5) is 10.3 Å². The van der Waals surface area contributed by atoms with Crippen LogP contribution in [0, 0.1) is 19.7 Å². The zero-order valence-electron chi connectivity index (χ0n) is 10.2. The van der Waals surface area contributed by atoms with Crippen molar-refractivity contribution in [3.05, 3.63) is 52.1 Å². The van der Waals surface area contributed by atoms with E-state index in [1.807, 2.05) is 12.1 Å². The van der Waals surface area contributed by atoms with E-state index in [4.69, 9.17) is 11.6 Å². The highest BCUT2D eigenvalue weighted by Gasteiger charge is 2.04. The van der Waals surface area contributed by atoms with Crippen molar-refractivity contribution in [1.82, 2.24) is 9.97 Å². The standard InChI is InChI=1S/C13H13ClFN3/c1-8-3-10(4-9(2)12(8)15)5-16-13-17-6-11(14)7-18-13/h3-4,6-7H,5H2,1-2H3,(H,16,17,18). The Morgan fingerprint density at radius 1 is 1.17 bits per heavy atom. The first-order valence-corrected chi connectivity index (χ1v) is 5.91. The van der Waals surface area contributed by atoms with E-state index in [9.17, 15) is 4.39 Å². The van der Waals surface area contributed by atoms with Gasteiger partial charge in [0.05, 0.1) is 17.4 Å². The third-order valence-electron chi connectivity index (χ3n) is 2.57. The second kappa shape index (κ2) is 5.31. The molecule has 18 heavy (non-hydrogen) atoms. The van der Waals surface area contributed by atoms with Crippen LogP contribution < -0.4 is 5.32 Å². The first kappa shape index (κ1) is 12.8. The summed E-state index contributed by atoms with van der Waals surface area (Å²) in [6.45, 7) is 4.05. The van der Waals surface area contributed by atoms with Crippen molar-refractivity contribution in [3.63, 3.8) is 0 Å². The van der Waals surface area contributed by atoms with E-state index in [-0.39, 0.29) is 5.82 Å². The first-order valence-electron chi connectivity index (χ1n) is 5.53. The topological polar surface area (TPSA) is 37.8 Å². The molecule has 1 N–H and O–H groups in total. The highest BCUT2D eigenvalue weighted by Crippen LogP contribution is 2.15. The van der Waals surface area contributed by atoms with E-state index in [0.717, 1.165) is 5.56 Å². The zero-order valence-corrected chi connectivity index (χ0v) is 10.9. The van der Waals surface area contributed by atoms with Crippen LogP contribution in [0.15, 0.2) is 24.5 Å². The molecule has 94 valence electrons. The minimum atomic E-state index is -0.151. The Morgan fingerprint density at radius 2 is 1.72 bits per heavy atom. The highest BCUT2D eigenvalue weighted by atomic mass is 35.5. The SMILES string of the molecule is Cc1cc(CNc2ncc(Cl)cn2)cc(C)c1F. The van der Waals surface area contributed by atoms with Crippen molar-refractivity contribution < 1.29 is 4.39 Å². The molecule has 2 rings (SSSR count). The highest BCUT2D eigenvalue weighted by molar-refractivity contribution is 6.30. The molecule has 0 radical (unpaired) electrons. The molecule has 0 aliphatic rings. The van der Waals surface area contributed by atoms with Crippen molar-refractivity contribution in [2.45, 2.75) is 20.4 Å². The molecule has 0 bridgehead atoms. The molecule has 0 atom stereocenters. The zero-order chi connectivity index (χ0) is 13.1. The summed E-state index contributed by atoms with van der Waals surface area (Å²) < 4.78 is 13.5. The van der Waals surface area contributed by atoms with Crippen LogP contribution in [-0.2, 0) is 6.54 Å². The van der Waals surface area contributed by atoms with Gasteiger partial charge in [0.2, 0.25) is 5.95 Å². The molecule has 1 heterocycles. The molecular formula is C13H13ClFN3. The number of benzene rings is 1. The van der Waals surface area contributed by atoms with Crippen LogP contribution in [-0.4, -0.2) is 9.97 Å². The number of rotatable bonds is 3. The van der Waals surface area contributed by atoms with Gasteiger partial charge in [0.25, 0.3) is 0 Å². The van der Waals surface area contributed by atoms with Crippen LogP contribution in [0.25, 0.3) is 0 Å². The number of nitrogens with zero attached hydrogens (tertiary/aromatic N) is 2. The van der Waals surface area contributed by atoms with Crippen LogP contribution in [0.2, 0.25) is 5.02 Å². The van der Waals surface area contributed by atoms with Crippen LogP contribution in [0.3, 0.4) is 0 Å². The van der Waals surface area contributed by atoms with Gasteiger partial charge in [-0.1, -0.05) is 23.7 Å². The Balaban J connectivity index is 2.08. The van der Waals surface area contributed by atoms with E-state index in [2.05, 4.69) is 15.3 Å². The van der Waals surface area contributed by atoms with Crippen LogP contribution in [0.1, 0.15) is 16.7 Å². The van der Waals surface area contributed by atoms with Crippen molar-refractivity contribution in [1.29, 1.82) is 0 Å². The predicted octanol–water partition coefficient (Wildman–Crippen LogP) is 3.50. The molecule has 1 aromatic heterocycles. The molecule has 1 aromatic carbocycles. The summed E-state index contributed by atoms with van der Waals surface area (Å²) >= 11 is 5.69. The van der Waals surface area contributed by atoms with Gasteiger partial charge in [-0.05, 0) is 30.5 Å². The Kier molecular flexibility index (Phi) is 3.77. The third-order valence-corrected chi connectivity index (χ3v) is 2.76. The summed E-state index contributed by atoms with van der Waals surface area (Å²) in [5.41, 5.74) is 2.28. The summed E-state index contributed by atoms with van der Waals surface area (Å²) in [6.07, 6.45) is 3.05. The smallest absolute Gasteiger partial charge is 0.222 e. The van der Waals surface area contributed by atoms with Crippen molar-refractivity contribution in [2.75, 3.05) is 5.32 Å². The fourth-order valence-corrected chi connectivity index (χ4v) is 1.82. The third kappa shape index (κ3) is 2.96. The summed E-state index contributed by atoms with van der Waals surface area (Å²) in [5.74, 6) is 0.348. The molecular weight excluding hydrogens is 253 g/mol. The van der Waals surface area contributed by atoms with Gasteiger partial charge >= 0.3 is 0 Å². The number of halogens is 2. The maximum absolute atomic E-state index is 13.5. The lowest BCUT2D eigenvalue weighted by Crippen LogP contribution is -2.04. The molecule has 0 amide bonds. The Labute approximate surface area is 110 Å². The Morgan fingerprint density at radius 3 is 2.28 bits per heavy atom. The monoisotopic (exact) mass is 265 g/mol. The lowest BCUT2D eigenvalue weighted by Gasteiger charge is -2.08. The van der Waals surface area contributed by atoms with Crippen molar-refractivity contribution in [2.24, 2.45) is 0 Å². The van der Waals surface area contributed by atoms with Gasteiger partial charge in [0.1, 0.15) is 5.82 Å². The fraction of sp³-hybridized carbons (Fsp3) is 0.231. The van der Waals surface area contributed by atoms with Gasteiger partial charge < -0.3 is 5.32 Å². The Hall–Kier alpha value is -1.68. The molecule has 0 saturated carbocycles. The number of aromatic nitrogens is 2. The van der Waals surface area contributed by atoms with Gasteiger partial charge in [-0.2, -0.15) is 0 Å². The van der Waals surface area contributed by atoms with E-state index in [1.54, 1.807) is 13.8 Å². The second-order valence-electron chi connectivity index (χ2n) is 4.12. The largest absolute Gasteiger partial charge is 0.350 e. The molecule has 0 unspecified atom stereocenters. The average molecular weight is 266 g/mol. The first-order chi connectivity index (χ1) is 8.56. The maximum Gasteiger partial charge on any atom is 0.222 e. The molecule has 0 aliphatic carbocycles. The number of anilines is 1. The number of nitrogens with one attached hydrogen (secondary N) is 1. The molecule has 0 spiro atoms. The van der Waals surface area contributed by atoms with Crippen molar-refractivity contribution in [3.8, 4) is 0 Å². The minimum Gasteiger partial charge on any atom is -0.350 e. The Bertz CT molecular complexity index is 532. The van der Waals surface area contributed by atoms with Crippen LogP contribution >= 0.6 is 11.6 Å². The van der Waals surface area contributed by atoms with Gasteiger partial charge in [0, 0.05) is 6.54 Å². The molecule has 5 heteroatoms. The van der Waals surface area contributed by atoms with E-state index in [0.29, 0.717) is 28.6 Å². The van der Waals surface area contributed by atoms with E-state index < -0.39 is 0 Å². The molecule has 0 fully saturated rings. The second-order valence-corrected chi connectivity index (χ2v) is 4.56. The number of aryl methyl sites for hydroxylation is 2. The minimum absolute atomic E-state index is 0.151. The normalized spacial score (nSPS) is 10.4. The average Bonchev–Trinajstić information content (AvgIpc) is 2.35. The van der Waals surface area contributed by atoms with Crippen molar-refractivity contribution >= 4 is 17.5 Å². The number of hydrogen-bond acceptors (Lipinski definition) is 3. The summed E-state index contributed by atoms with van der Waals surface area (Å²) in [4.78, 5) is 8.06. The predicted molar refractivity (Wildman–Crippen MR) is 70.2 cm³/mol. The maximum atomic E-state index is 13.5. The molecule has 2 aromatic rings. The van der Waals surface area contributed by atoms with Gasteiger partial charge in [-0.25, -0.2) is 14.4 Å². The summed E-state index contributed by atoms with van der Waals surface area (Å²) in [5, 5.41) is 3.55. The summed E-state index contributed by atoms with van der Waals surface area (Å²) in [7, 11) is 0. The lowest BCUT2D eigenvalue weighted by atomic mass is 10.1. The molecule has 3 nitrogen and oxygen atoms in total. The fourth-order valence-electron chi connectivity index (χ4n) is 1.72. The van der Waals surface area contributed by atoms with Crippen LogP contribution in [0.5, 0.6) is 0 Å². The quantitative estimate of drug-likeness (QED) is 0.923. The van der Waals surface area contributed by atoms with E-state index >= 15 is 0 Å². The van der Waals surface area contributed by atoms with Gasteiger partial charge in [-0.3, -0.25) is 0 Å². The van der Waals surface area contributed by atoms with E-state index in [1.165, 1.54) is 12.4 Å². The molecule has 0 saturated heterocycles.